The second-order valence-electron chi connectivity index (χ2n) is 25.7. The normalized spacial score (nSPS) is 14.6. The molecule has 0 radical (unpaired) electrons. The van der Waals surface area contributed by atoms with Crippen LogP contribution in [0.15, 0.2) is 206 Å². The Balaban J connectivity index is 0.964. The molecular formula is C75H69NS2Si2. The summed E-state index contributed by atoms with van der Waals surface area (Å²) in [6, 6.07) is 81.0. The average molecular weight is 1100 g/mol. The van der Waals surface area contributed by atoms with Crippen LogP contribution < -0.4 is 15.3 Å². The third-order valence-electron chi connectivity index (χ3n) is 18.4. The number of aryl methyl sites for hydroxylation is 3. The van der Waals surface area contributed by atoms with Gasteiger partial charge in [-0.1, -0.05) is 239 Å². The molecule has 5 heteroatoms. The fraction of sp³-hybridized carbons (Fsp3) is 0.200. The van der Waals surface area contributed by atoms with Crippen LogP contribution in [0, 0.1) is 13.8 Å². The van der Waals surface area contributed by atoms with E-state index >= 15 is 0 Å². The highest BCUT2D eigenvalue weighted by Gasteiger charge is 2.53. The molecule has 0 aliphatic heterocycles. The van der Waals surface area contributed by atoms with Gasteiger partial charge in [-0.3, -0.25) is 0 Å². The second-order valence-corrected chi connectivity index (χ2v) is 37.9. The molecule has 394 valence electrons. The molecule has 1 spiro atoms. The molecule has 2 aromatic heterocycles. The maximum Gasteiger partial charge on any atom is 0.0775 e. The Kier molecular flexibility index (Phi) is 11.9. The van der Waals surface area contributed by atoms with Crippen LogP contribution in [0.1, 0.15) is 87.4 Å². The van der Waals surface area contributed by atoms with E-state index < -0.39 is 21.6 Å². The van der Waals surface area contributed by atoms with Gasteiger partial charge in [0.1, 0.15) is 0 Å². The highest BCUT2D eigenvalue weighted by Crippen LogP contribution is 2.63. The number of rotatable bonds is 10. The summed E-state index contributed by atoms with van der Waals surface area (Å²) >= 11 is 3.92. The highest BCUT2D eigenvalue weighted by atomic mass is 32.1. The van der Waals surface area contributed by atoms with Crippen molar-refractivity contribution < 1.29 is 0 Å². The summed E-state index contributed by atoms with van der Waals surface area (Å²) in [5, 5.41) is 8.36. The molecule has 1 nitrogen and oxygen atoms in total. The van der Waals surface area contributed by atoms with Gasteiger partial charge in [-0.05, 0) is 129 Å². The first-order chi connectivity index (χ1) is 38.5. The minimum Gasteiger partial charge on any atom is -0.309 e. The standard InChI is InChI=1S/C75H69NS2Si2/c1-47-19-15-21-59-61-24-17-23-58(72(61)77-70(47)59)55(50-33-38-53(39-34-50)79(5,6)7)42-31-49-32-43-56-57-44-37-52(46-68(57)75(67(56)45-49)65-28-13-11-26-63(65)74(3,4)64-27-12-14-29-66(64)75)76(51-35-40-54(41-36-51)80(8,9)10)69-30-18-25-62-60-22-16-20-48(2)71(60)78-73(62)69/h11-30,32-41,43-46,55H,31,42H2,1-10H3. The maximum atomic E-state index is 2.64. The van der Waals surface area contributed by atoms with E-state index in [2.05, 4.69) is 278 Å². The summed E-state index contributed by atoms with van der Waals surface area (Å²) < 4.78 is 5.50. The maximum absolute atomic E-state index is 2.64. The topological polar surface area (TPSA) is 3.24 Å². The Morgan fingerprint density at radius 3 is 1.49 bits per heavy atom. The van der Waals surface area contributed by atoms with Crippen LogP contribution in [0.3, 0.4) is 0 Å². The van der Waals surface area contributed by atoms with Gasteiger partial charge in [0.05, 0.1) is 32.0 Å². The zero-order valence-electron chi connectivity index (χ0n) is 47.9. The molecule has 14 rings (SSSR count). The van der Waals surface area contributed by atoms with E-state index in [1.807, 2.05) is 22.7 Å². The van der Waals surface area contributed by atoms with E-state index in [-0.39, 0.29) is 11.3 Å². The van der Waals surface area contributed by atoms with Crippen LogP contribution in [0.4, 0.5) is 17.1 Å². The van der Waals surface area contributed by atoms with E-state index in [1.165, 1.54) is 140 Å². The Hall–Kier alpha value is -7.13. The van der Waals surface area contributed by atoms with Crippen molar-refractivity contribution in [1.82, 2.24) is 0 Å². The van der Waals surface area contributed by atoms with Crippen molar-refractivity contribution in [2.24, 2.45) is 0 Å². The molecule has 10 aromatic carbocycles. The number of fused-ring (bicyclic) bond motifs is 15. The van der Waals surface area contributed by atoms with Gasteiger partial charge in [0.25, 0.3) is 0 Å². The van der Waals surface area contributed by atoms with E-state index in [1.54, 1.807) is 0 Å². The third kappa shape index (κ3) is 7.86. The summed E-state index contributed by atoms with van der Waals surface area (Å²) in [6.07, 6.45) is 1.94. The largest absolute Gasteiger partial charge is 0.309 e. The van der Waals surface area contributed by atoms with Crippen LogP contribution in [0.25, 0.3) is 51.5 Å². The third-order valence-corrected chi connectivity index (χ3v) is 25.3. The number of hydrogen-bond donors (Lipinski definition) is 0. The second kappa shape index (κ2) is 18.7. The minimum absolute atomic E-state index is 0.208. The van der Waals surface area contributed by atoms with E-state index in [9.17, 15) is 0 Å². The molecule has 2 aliphatic rings. The van der Waals surface area contributed by atoms with Crippen LogP contribution in [-0.4, -0.2) is 16.1 Å². The summed E-state index contributed by atoms with van der Waals surface area (Å²) in [7, 11) is -3.07. The quantitative estimate of drug-likeness (QED) is 0.123. The van der Waals surface area contributed by atoms with Gasteiger partial charge in [-0.25, -0.2) is 0 Å². The zero-order chi connectivity index (χ0) is 55.0. The van der Waals surface area contributed by atoms with Gasteiger partial charge in [-0.15, -0.1) is 22.7 Å². The molecule has 80 heavy (non-hydrogen) atoms. The van der Waals surface area contributed by atoms with Crippen molar-refractivity contribution in [3.8, 4) is 11.1 Å². The van der Waals surface area contributed by atoms with E-state index in [0.717, 1.165) is 12.8 Å². The van der Waals surface area contributed by atoms with Gasteiger partial charge in [0, 0.05) is 58.4 Å². The monoisotopic (exact) mass is 1100 g/mol. The SMILES string of the molecule is Cc1cccc2c1sc1c(C(CCc3ccc4c(c3)C3(c5cc(N(c6ccc([Si](C)(C)C)cc6)c6cccc7c6sc6c(C)cccc67)ccc5-4)c4ccccc4C(C)(C)c4ccccc43)c3ccc([Si](C)(C)C)cc3)cccc12. The van der Waals surface area contributed by atoms with Crippen molar-refractivity contribution in [3.63, 3.8) is 0 Å². The Bertz CT molecular complexity index is 4400. The highest BCUT2D eigenvalue weighted by molar-refractivity contribution is 7.27. The fourth-order valence-electron chi connectivity index (χ4n) is 14.2. The van der Waals surface area contributed by atoms with E-state index in [0.29, 0.717) is 0 Å². The number of anilines is 3. The van der Waals surface area contributed by atoms with Crippen LogP contribution in [0.5, 0.6) is 0 Å². The van der Waals surface area contributed by atoms with Crippen molar-refractivity contribution in [2.75, 3.05) is 4.90 Å². The molecule has 0 fully saturated rings. The molecule has 12 aromatic rings. The molecule has 1 unspecified atom stereocenters. The van der Waals surface area contributed by atoms with Gasteiger partial charge < -0.3 is 4.90 Å². The molecule has 0 bridgehead atoms. The van der Waals surface area contributed by atoms with Crippen LogP contribution in [0.2, 0.25) is 39.3 Å². The zero-order valence-corrected chi connectivity index (χ0v) is 51.5. The summed E-state index contributed by atoms with van der Waals surface area (Å²) in [6.45, 7) is 24.1. The Labute approximate surface area is 483 Å². The van der Waals surface area contributed by atoms with Gasteiger partial charge >= 0.3 is 0 Å². The number of thiophene rings is 2. The molecule has 0 saturated heterocycles. The van der Waals surface area contributed by atoms with Crippen LogP contribution >= 0.6 is 22.7 Å². The number of nitrogens with zero attached hydrogens (tertiary/aromatic N) is 1. The molecule has 0 saturated carbocycles. The molecule has 2 heterocycles. The molecule has 2 aliphatic carbocycles. The molecule has 0 amide bonds. The Morgan fingerprint density at radius 2 is 0.900 bits per heavy atom. The average Bonchev–Trinajstić information content (AvgIpc) is 4.32. The fourth-order valence-corrected chi connectivity index (χ4v) is 19.1. The molecule has 0 N–H and O–H groups in total. The van der Waals surface area contributed by atoms with Gasteiger partial charge in [-0.2, -0.15) is 0 Å². The Morgan fingerprint density at radius 1 is 0.425 bits per heavy atom. The van der Waals surface area contributed by atoms with Crippen LogP contribution in [-0.2, 0) is 17.3 Å². The lowest BCUT2D eigenvalue weighted by molar-refractivity contribution is 0.563. The minimum atomic E-state index is -1.57. The predicted octanol–water partition coefficient (Wildman–Crippen LogP) is 20.4. The number of benzene rings is 10. The van der Waals surface area contributed by atoms with Crippen molar-refractivity contribution in [3.05, 3.63) is 267 Å². The first-order valence-corrected chi connectivity index (χ1v) is 37.5. The van der Waals surface area contributed by atoms with Gasteiger partial charge in [0.15, 0.2) is 0 Å². The summed E-state index contributed by atoms with van der Waals surface area (Å²) in [5.74, 6) is 0.224. The molecular weight excluding hydrogens is 1040 g/mol. The lowest BCUT2D eigenvalue weighted by atomic mass is 9.55. The van der Waals surface area contributed by atoms with Crippen molar-refractivity contribution in [2.45, 2.75) is 96.6 Å². The number of hydrogen-bond acceptors (Lipinski definition) is 3. The predicted molar refractivity (Wildman–Crippen MR) is 355 cm³/mol. The first-order valence-electron chi connectivity index (χ1n) is 28.8. The first kappa shape index (κ1) is 51.0. The smallest absolute Gasteiger partial charge is 0.0775 e. The lowest BCUT2D eigenvalue weighted by Crippen LogP contribution is -2.40. The van der Waals surface area contributed by atoms with Crippen molar-refractivity contribution >= 4 is 107 Å². The summed E-state index contributed by atoms with van der Waals surface area (Å²) in [4.78, 5) is 2.57. The van der Waals surface area contributed by atoms with Crippen molar-refractivity contribution in [1.29, 1.82) is 0 Å². The molecule has 1 atom stereocenters. The lowest BCUT2D eigenvalue weighted by Gasteiger charge is -2.46. The summed E-state index contributed by atoms with van der Waals surface area (Å²) in [5.41, 5.74) is 20.7. The van der Waals surface area contributed by atoms with E-state index in [4.69, 9.17) is 0 Å². The van der Waals surface area contributed by atoms with Gasteiger partial charge in [0.2, 0.25) is 0 Å².